The van der Waals surface area contributed by atoms with E-state index in [1.165, 1.54) is 45.9 Å². The summed E-state index contributed by atoms with van der Waals surface area (Å²) in [6.07, 6.45) is 0. The second kappa shape index (κ2) is 12.8. The third-order valence-electron chi connectivity index (χ3n) is 10.9. The molecule has 0 aliphatic heterocycles. The van der Waals surface area contributed by atoms with Crippen molar-refractivity contribution in [2.45, 2.75) is 0 Å². The summed E-state index contributed by atoms with van der Waals surface area (Å²) in [7, 11) is 0. The van der Waals surface area contributed by atoms with E-state index in [0.29, 0.717) is 17.5 Å². The summed E-state index contributed by atoms with van der Waals surface area (Å²) in [6.45, 7) is 0. The molecule has 0 atom stereocenters. The fraction of sp³-hybridized carbons (Fsp3) is 0. The van der Waals surface area contributed by atoms with Crippen molar-refractivity contribution >= 4 is 85.0 Å². The summed E-state index contributed by atoms with van der Waals surface area (Å²) in [6, 6.07) is 62.2. The number of para-hydroxylation sites is 1. The Morgan fingerprint density at radius 1 is 0.316 bits per heavy atom. The maximum atomic E-state index is 6.62. The van der Waals surface area contributed by atoms with Crippen molar-refractivity contribution in [1.29, 1.82) is 0 Å². The van der Waals surface area contributed by atoms with E-state index in [1.54, 1.807) is 11.3 Å². The van der Waals surface area contributed by atoms with Crippen LogP contribution in [-0.2, 0) is 0 Å². The van der Waals surface area contributed by atoms with Crippen molar-refractivity contribution < 1.29 is 4.42 Å². The topological polar surface area (TPSA) is 51.8 Å². The van der Waals surface area contributed by atoms with E-state index < -0.39 is 0 Å². The summed E-state index contributed by atoms with van der Waals surface area (Å²) in [5.41, 5.74) is 9.26. The number of fused-ring (bicyclic) bond motifs is 9. The summed E-state index contributed by atoms with van der Waals surface area (Å²) in [5.74, 6) is 1.97. The van der Waals surface area contributed by atoms with Gasteiger partial charge in [-0.15, -0.1) is 22.7 Å². The van der Waals surface area contributed by atoms with E-state index in [2.05, 4.69) is 109 Å². The van der Waals surface area contributed by atoms with Gasteiger partial charge >= 0.3 is 0 Å². The Balaban J connectivity index is 0.995. The zero-order valence-corrected chi connectivity index (χ0v) is 31.9. The van der Waals surface area contributed by atoms with Crippen LogP contribution in [0.3, 0.4) is 0 Å². The van der Waals surface area contributed by atoms with Gasteiger partial charge in [-0.1, -0.05) is 127 Å². The number of thiophene rings is 2. The summed E-state index contributed by atoms with van der Waals surface area (Å²) >= 11 is 3.65. The first-order valence-corrected chi connectivity index (χ1v) is 20.5. The van der Waals surface area contributed by atoms with Gasteiger partial charge in [0.25, 0.3) is 0 Å². The first kappa shape index (κ1) is 32.3. The average molecular weight is 764 g/mol. The van der Waals surface area contributed by atoms with Crippen LogP contribution in [0, 0.1) is 0 Å². The van der Waals surface area contributed by atoms with Crippen LogP contribution in [0.4, 0.5) is 0 Å². The second-order valence-electron chi connectivity index (χ2n) is 14.4. The molecule has 0 aliphatic rings. The van der Waals surface area contributed by atoms with E-state index in [-0.39, 0.29) is 0 Å². The SMILES string of the molecule is c1ccc(-c2nc(-c3ccccc3)nc(-c3ccc4c(c3)sc3cc(-c5cc(-c6ccc7sc8ccccc8c7c6)c6oc7ccccc7c6c5)ccc34)n2)cc1. The van der Waals surface area contributed by atoms with Crippen molar-refractivity contribution in [3.63, 3.8) is 0 Å². The third-order valence-corrected chi connectivity index (χ3v) is 13.2. The molecule has 0 bridgehead atoms. The van der Waals surface area contributed by atoms with Crippen molar-refractivity contribution in [2.24, 2.45) is 0 Å². The van der Waals surface area contributed by atoms with Gasteiger partial charge in [0, 0.05) is 73.4 Å². The Kier molecular flexibility index (Phi) is 7.24. The first-order chi connectivity index (χ1) is 28.2. The number of nitrogens with zero attached hydrogens (tertiary/aromatic N) is 3. The molecule has 0 saturated carbocycles. The number of hydrogen-bond donors (Lipinski definition) is 0. The Morgan fingerprint density at radius 2 is 0.842 bits per heavy atom. The van der Waals surface area contributed by atoms with Gasteiger partial charge in [-0.25, -0.2) is 15.0 Å². The lowest BCUT2D eigenvalue weighted by molar-refractivity contribution is 0.670. The fourth-order valence-corrected chi connectivity index (χ4v) is 10.4. The molecular formula is C51H29N3OS2. The van der Waals surface area contributed by atoms with Gasteiger partial charge in [-0.3, -0.25) is 0 Å². The minimum absolute atomic E-state index is 0.657. The fourth-order valence-electron chi connectivity index (χ4n) is 8.14. The third kappa shape index (κ3) is 5.37. The molecule has 12 aromatic rings. The standard InChI is InChI=1S/C51H29N3OS2/c1-3-11-30(12-4-1)49-52-50(31-13-5-2-6-14-31)54-51(53-49)34-20-23-39-38-22-19-32(28-46(38)57-47(39)29-34)35-26-40(48-42(27-35)36-15-7-9-17-43(36)55-48)33-21-24-45-41(25-33)37-16-8-10-18-44(37)56-45/h1-29H. The number of furan rings is 1. The molecule has 0 unspecified atom stereocenters. The van der Waals surface area contributed by atoms with Crippen molar-refractivity contribution in [2.75, 3.05) is 0 Å². The lowest BCUT2D eigenvalue weighted by Gasteiger charge is -2.09. The molecular weight excluding hydrogens is 735 g/mol. The molecule has 12 rings (SSSR count). The molecule has 4 aromatic heterocycles. The minimum atomic E-state index is 0.657. The summed E-state index contributed by atoms with van der Waals surface area (Å²) in [4.78, 5) is 14.9. The van der Waals surface area contributed by atoms with Gasteiger partial charge in [0.05, 0.1) is 0 Å². The van der Waals surface area contributed by atoms with Crippen LogP contribution in [-0.4, -0.2) is 15.0 Å². The Morgan fingerprint density at radius 3 is 1.58 bits per heavy atom. The van der Waals surface area contributed by atoms with Gasteiger partial charge < -0.3 is 4.42 Å². The van der Waals surface area contributed by atoms with Gasteiger partial charge in [0.1, 0.15) is 11.2 Å². The van der Waals surface area contributed by atoms with Crippen molar-refractivity contribution in [3.05, 3.63) is 176 Å². The maximum Gasteiger partial charge on any atom is 0.164 e. The molecule has 57 heavy (non-hydrogen) atoms. The van der Waals surface area contributed by atoms with Gasteiger partial charge in [0.15, 0.2) is 17.5 Å². The number of rotatable bonds is 5. The predicted molar refractivity (Wildman–Crippen MR) is 240 cm³/mol. The maximum absolute atomic E-state index is 6.62. The predicted octanol–water partition coefficient (Wildman–Crippen LogP) is 14.8. The largest absolute Gasteiger partial charge is 0.455 e. The normalized spacial score (nSPS) is 11.9. The van der Waals surface area contributed by atoms with E-state index in [4.69, 9.17) is 19.4 Å². The van der Waals surface area contributed by atoms with Crippen LogP contribution in [0.1, 0.15) is 0 Å². The Labute approximate surface area is 335 Å². The average Bonchev–Trinajstić information content (AvgIpc) is 3.97. The zero-order chi connectivity index (χ0) is 37.5. The van der Waals surface area contributed by atoms with Gasteiger partial charge in [0.2, 0.25) is 0 Å². The monoisotopic (exact) mass is 763 g/mol. The molecule has 0 radical (unpaired) electrons. The van der Waals surface area contributed by atoms with Crippen LogP contribution < -0.4 is 0 Å². The minimum Gasteiger partial charge on any atom is -0.455 e. The van der Waals surface area contributed by atoms with E-state index >= 15 is 0 Å². The van der Waals surface area contributed by atoms with Gasteiger partial charge in [-0.05, 0) is 65.2 Å². The lowest BCUT2D eigenvalue weighted by atomic mass is 9.94. The van der Waals surface area contributed by atoms with Crippen LogP contribution in [0.5, 0.6) is 0 Å². The molecule has 266 valence electrons. The van der Waals surface area contributed by atoms with Crippen LogP contribution >= 0.6 is 22.7 Å². The molecule has 0 amide bonds. The molecule has 0 aliphatic carbocycles. The van der Waals surface area contributed by atoms with E-state index in [1.807, 2.05) is 78.1 Å². The second-order valence-corrected chi connectivity index (χ2v) is 16.5. The Bertz CT molecular complexity index is 3470. The summed E-state index contributed by atoms with van der Waals surface area (Å²) < 4.78 is 11.6. The highest BCUT2D eigenvalue weighted by Crippen LogP contribution is 2.44. The molecule has 4 heterocycles. The Hall–Kier alpha value is -6.99. The highest BCUT2D eigenvalue weighted by molar-refractivity contribution is 7.26. The van der Waals surface area contributed by atoms with E-state index in [9.17, 15) is 0 Å². The summed E-state index contributed by atoms with van der Waals surface area (Å²) in [5, 5.41) is 7.27. The zero-order valence-electron chi connectivity index (χ0n) is 30.3. The molecule has 8 aromatic carbocycles. The number of hydrogen-bond acceptors (Lipinski definition) is 6. The molecule has 0 fully saturated rings. The highest BCUT2D eigenvalue weighted by Gasteiger charge is 2.18. The number of benzene rings is 8. The van der Waals surface area contributed by atoms with E-state index in [0.717, 1.165) is 55.3 Å². The lowest BCUT2D eigenvalue weighted by Crippen LogP contribution is -1.99. The number of aromatic nitrogens is 3. The van der Waals surface area contributed by atoms with Crippen LogP contribution in [0.2, 0.25) is 0 Å². The highest BCUT2D eigenvalue weighted by atomic mass is 32.1. The van der Waals surface area contributed by atoms with Crippen LogP contribution in [0.15, 0.2) is 180 Å². The molecule has 0 saturated heterocycles. The molecule has 0 N–H and O–H groups in total. The molecule has 4 nitrogen and oxygen atoms in total. The van der Waals surface area contributed by atoms with Crippen molar-refractivity contribution in [1.82, 2.24) is 15.0 Å². The van der Waals surface area contributed by atoms with Gasteiger partial charge in [-0.2, -0.15) is 0 Å². The quantitative estimate of drug-likeness (QED) is 0.175. The van der Waals surface area contributed by atoms with Crippen LogP contribution in [0.25, 0.3) is 119 Å². The van der Waals surface area contributed by atoms with Crippen molar-refractivity contribution in [3.8, 4) is 56.4 Å². The first-order valence-electron chi connectivity index (χ1n) is 18.9. The smallest absolute Gasteiger partial charge is 0.164 e. The molecule has 0 spiro atoms. The molecule has 6 heteroatoms.